The third kappa shape index (κ3) is 3.32. The molecule has 0 N–H and O–H groups in total. The highest BCUT2D eigenvalue weighted by Gasteiger charge is 2.11. The van der Waals surface area contributed by atoms with Gasteiger partial charge in [0.1, 0.15) is 11.6 Å². The number of aryl methyl sites for hydroxylation is 1. The average Bonchev–Trinajstić information content (AvgIpc) is 2.73. The largest absolute Gasteiger partial charge is 0.497 e. The topological polar surface area (TPSA) is 44.1 Å². The number of nitrogens with zero attached hydrogens (tertiary/aromatic N) is 2. The van der Waals surface area contributed by atoms with Gasteiger partial charge in [0.25, 0.3) is 5.56 Å². The minimum Gasteiger partial charge on any atom is -0.497 e. The van der Waals surface area contributed by atoms with Crippen molar-refractivity contribution in [2.75, 3.05) is 7.11 Å². The van der Waals surface area contributed by atoms with E-state index < -0.39 is 0 Å². The van der Waals surface area contributed by atoms with Crippen molar-refractivity contribution in [2.24, 2.45) is 0 Å². The molecule has 0 atom stereocenters. The highest BCUT2D eigenvalue weighted by molar-refractivity contribution is 5.80. The predicted molar refractivity (Wildman–Crippen MR) is 114 cm³/mol. The fourth-order valence-corrected chi connectivity index (χ4v) is 3.20. The van der Waals surface area contributed by atoms with Crippen LogP contribution < -0.4 is 10.3 Å². The van der Waals surface area contributed by atoms with Gasteiger partial charge in [-0.05, 0) is 48.4 Å². The summed E-state index contributed by atoms with van der Waals surface area (Å²) >= 11 is 0. The lowest BCUT2D eigenvalue weighted by Crippen LogP contribution is -2.22. The van der Waals surface area contributed by atoms with Crippen LogP contribution in [0.1, 0.15) is 17.0 Å². The van der Waals surface area contributed by atoms with Crippen molar-refractivity contribution < 1.29 is 4.74 Å². The van der Waals surface area contributed by atoms with E-state index >= 15 is 0 Å². The summed E-state index contributed by atoms with van der Waals surface area (Å²) in [5.41, 5.74) is 3.53. The number of ether oxygens (including phenoxy) is 1. The van der Waals surface area contributed by atoms with E-state index in [1.807, 2.05) is 72.8 Å². The number of methoxy groups -OCH3 is 1. The van der Waals surface area contributed by atoms with E-state index in [0.717, 1.165) is 11.1 Å². The van der Waals surface area contributed by atoms with Gasteiger partial charge in [0.2, 0.25) is 0 Å². The van der Waals surface area contributed by atoms with E-state index in [0.29, 0.717) is 28.2 Å². The zero-order valence-corrected chi connectivity index (χ0v) is 15.8. The van der Waals surface area contributed by atoms with Gasteiger partial charge in [-0.15, -0.1) is 0 Å². The Hall–Kier alpha value is -3.66. The molecule has 138 valence electrons. The molecule has 3 aromatic carbocycles. The molecule has 0 spiro atoms. The number of rotatable bonds is 4. The average molecular weight is 368 g/mol. The van der Waals surface area contributed by atoms with Gasteiger partial charge >= 0.3 is 0 Å². The van der Waals surface area contributed by atoms with Crippen LogP contribution in [0.25, 0.3) is 28.7 Å². The summed E-state index contributed by atoms with van der Waals surface area (Å²) in [5.74, 6) is 1.26. The Morgan fingerprint density at radius 3 is 2.54 bits per heavy atom. The second-order valence-corrected chi connectivity index (χ2v) is 6.52. The van der Waals surface area contributed by atoms with Crippen LogP contribution in [0.2, 0.25) is 0 Å². The van der Waals surface area contributed by atoms with Gasteiger partial charge in [0, 0.05) is 6.07 Å². The molecular formula is C24H20N2O2. The van der Waals surface area contributed by atoms with Crippen LogP contribution >= 0.6 is 0 Å². The third-order valence-electron chi connectivity index (χ3n) is 4.71. The standard InChI is InChI=1S/C24H20N2O2/c1-17-8-3-4-9-18(17)14-15-23-25-22-13-6-5-12-21(22)24(27)26(23)19-10-7-11-20(16-19)28-2/h3-16H,1-2H3/b15-14+. The fourth-order valence-electron chi connectivity index (χ4n) is 3.20. The third-order valence-corrected chi connectivity index (χ3v) is 4.71. The molecule has 0 amide bonds. The van der Waals surface area contributed by atoms with Crippen molar-refractivity contribution >= 4 is 23.1 Å². The number of hydrogen-bond acceptors (Lipinski definition) is 3. The van der Waals surface area contributed by atoms with Crippen molar-refractivity contribution in [2.45, 2.75) is 6.92 Å². The molecule has 4 aromatic rings. The highest BCUT2D eigenvalue weighted by atomic mass is 16.5. The van der Waals surface area contributed by atoms with Crippen LogP contribution in [0.15, 0.2) is 77.6 Å². The van der Waals surface area contributed by atoms with Crippen molar-refractivity contribution in [3.05, 3.63) is 100 Å². The summed E-state index contributed by atoms with van der Waals surface area (Å²) in [4.78, 5) is 18.0. The Morgan fingerprint density at radius 2 is 1.71 bits per heavy atom. The molecule has 0 aliphatic heterocycles. The first-order chi connectivity index (χ1) is 13.7. The fraction of sp³-hybridized carbons (Fsp3) is 0.0833. The molecule has 0 unspecified atom stereocenters. The lowest BCUT2D eigenvalue weighted by Gasteiger charge is -2.12. The summed E-state index contributed by atoms with van der Waals surface area (Å²) in [5, 5.41) is 0.582. The van der Waals surface area contributed by atoms with E-state index in [9.17, 15) is 4.79 Å². The zero-order valence-electron chi connectivity index (χ0n) is 15.8. The molecule has 1 aromatic heterocycles. The molecule has 0 aliphatic carbocycles. The second-order valence-electron chi connectivity index (χ2n) is 6.52. The summed E-state index contributed by atoms with van der Waals surface area (Å²) < 4.78 is 6.96. The Bertz CT molecular complexity index is 1240. The van der Waals surface area contributed by atoms with E-state index in [2.05, 4.69) is 13.0 Å². The normalized spacial score (nSPS) is 11.2. The van der Waals surface area contributed by atoms with Gasteiger partial charge in [0.05, 0.1) is 23.7 Å². The van der Waals surface area contributed by atoms with Crippen molar-refractivity contribution in [1.29, 1.82) is 0 Å². The van der Waals surface area contributed by atoms with Crippen LogP contribution in [0.3, 0.4) is 0 Å². The smallest absolute Gasteiger partial charge is 0.266 e. The lowest BCUT2D eigenvalue weighted by molar-refractivity contribution is 0.414. The highest BCUT2D eigenvalue weighted by Crippen LogP contribution is 2.19. The Balaban J connectivity index is 1.96. The molecule has 4 heteroatoms. The van der Waals surface area contributed by atoms with E-state index in [1.54, 1.807) is 17.7 Å². The maximum Gasteiger partial charge on any atom is 0.266 e. The number of benzene rings is 3. The molecule has 0 aliphatic rings. The minimum atomic E-state index is -0.108. The summed E-state index contributed by atoms with van der Waals surface area (Å²) in [6, 6.07) is 22.9. The summed E-state index contributed by atoms with van der Waals surface area (Å²) in [7, 11) is 1.61. The number of hydrogen-bond donors (Lipinski definition) is 0. The quantitative estimate of drug-likeness (QED) is 0.516. The SMILES string of the molecule is COc1cccc(-n2c(/C=C/c3ccccc3C)nc3ccccc3c2=O)c1. The maximum atomic E-state index is 13.3. The minimum absolute atomic E-state index is 0.108. The molecule has 4 rings (SSSR count). The first kappa shape index (κ1) is 17.7. The number of fused-ring (bicyclic) bond motifs is 1. The van der Waals surface area contributed by atoms with Crippen LogP contribution in [0.5, 0.6) is 5.75 Å². The molecular weight excluding hydrogens is 348 g/mol. The summed E-state index contributed by atoms with van der Waals surface area (Å²) in [6.45, 7) is 2.06. The van der Waals surface area contributed by atoms with Crippen molar-refractivity contribution in [3.8, 4) is 11.4 Å². The molecule has 1 heterocycles. The van der Waals surface area contributed by atoms with E-state index in [4.69, 9.17) is 9.72 Å². The molecule has 0 bridgehead atoms. The molecule has 0 saturated carbocycles. The molecule has 28 heavy (non-hydrogen) atoms. The van der Waals surface area contributed by atoms with Crippen LogP contribution in [0, 0.1) is 6.92 Å². The van der Waals surface area contributed by atoms with E-state index in [1.165, 1.54) is 0 Å². The summed E-state index contributed by atoms with van der Waals surface area (Å²) in [6.07, 6.45) is 3.87. The molecule has 0 fully saturated rings. The van der Waals surface area contributed by atoms with Gasteiger partial charge in [-0.2, -0.15) is 0 Å². The second kappa shape index (κ2) is 7.53. The van der Waals surface area contributed by atoms with Gasteiger partial charge in [-0.3, -0.25) is 9.36 Å². The van der Waals surface area contributed by atoms with E-state index in [-0.39, 0.29) is 5.56 Å². The molecule has 0 saturated heterocycles. The van der Waals surface area contributed by atoms with Crippen molar-refractivity contribution in [3.63, 3.8) is 0 Å². The van der Waals surface area contributed by atoms with Gasteiger partial charge in [-0.25, -0.2) is 4.98 Å². The van der Waals surface area contributed by atoms with Crippen LogP contribution in [-0.2, 0) is 0 Å². The first-order valence-electron chi connectivity index (χ1n) is 9.07. The van der Waals surface area contributed by atoms with Crippen LogP contribution in [-0.4, -0.2) is 16.7 Å². The van der Waals surface area contributed by atoms with Gasteiger partial charge in [0.15, 0.2) is 0 Å². The Kier molecular flexibility index (Phi) is 4.77. The number of aromatic nitrogens is 2. The monoisotopic (exact) mass is 368 g/mol. The van der Waals surface area contributed by atoms with Crippen LogP contribution in [0.4, 0.5) is 0 Å². The Morgan fingerprint density at radius 1 is 0.929 bits per heavy atom. The predicted octanol–water partition coefficient (Wildman–Crippen LogP) is 4.87. The molecule has 4 nitrogen and oxygen atoms in total. The zero-order chi connectivity index (χ0) is 19.5. The molecule has 0 radical (unpaired) electrons. The van der Waals surface area contributed by atoms with Crippen molar-refractivity contribution in [1.82, 2.24) is 9.55 Å². The first-order valence-corrected chi connectivity index (χ1v) is 9.07. The maximum absolute atomic E-state index is 13.3. The van der Waals surface area contributed by atoms with Gasteiger partial charge in [-0.1, -0.05) is 48.5 Å². The lowest BCUT2D eigenvalue weighted by atomic mass is 10.1. The Labute approximate surface area is 163 Å². The van der Waals surface area contributed by atoms with Gasteiger partial charge < -0.3 is 4.74 Å². The number of para-hydroxylation sites is 1.